The monoisotopic (exact) mass is 440 g/mol. The molecular formula is C21H23F3N2O3S. The van der Waals surface area contributed by atoms with Gasteiger partial charge in [-0.05, 0) is 35.4 Å². The van der Waals surface area contributed by atoms with Crippen molar-refractivity contribution >= 4 is 27.7 Å². The molecule has 30 heavy (non-hydrogen) atoms. The molecule has 0 saturated carbocycles. The average molecular weight is 440 g/mol. The summed E-state index contributed by atoms with van der Waals surface area (Å²) in [5.74, 6) is -0.395. The van der Waals surface area contributed by atoms with E-state index in [4.69, 9.17) is 0 Å². The van der Waals surface area contributed by atoms with Gasteiger partial charge in [0.1, 0.15) is 0 Å². The highest BCUT2D eigenvalue weighted by molar-refractivity contribution is 7.92. The molecule has 9 heteroatoms. The third-order valence-corrected chi connectivity index (χ3v) is 4.92. The summed E-state index contributed by atoms with van der Waals surface area (Å²) in [4.78, 5) is 12.1. The van der Waals surface area contributed by atoms with Gasteiger partial charge in [-0.1, -0.05) is 44.2 Å². The molecule has 1 amide bonds. The fourth-order valence-corrected chi connectivity index (χ4v) is 3.20. The lowest BCUT2D eigenvalue weighted by atomic mass is 9.83. The molecule has 0 aliphatic carbocycles. The highest BCUT2D eigenvalue weighted by Crippen LogP contribution is 2.32. The molecule has 0 saturated heterocycles. The van der Waals surface area contributed by atoms with Crippen molar-refractivity contribution in [2.75, 3.05) is 17.5 Å². The normalized spacial score (nSPS) is 12.7. The second kappa shape index (κ2) is 8.91. The van der Waals surface area contributed by atoms with Crippen LogP contribution in [0.3, 0.4) is 0 Å². The van der Waals surface area contributed by atoms with Crippen molar-refractivity contribution in [1.82, 2.24) is 5.32 Å². The zero-order valence-electron chi connectivity index (χ0n) is 16.7. The number of anilines is 1. The minimum Gasteiger partial charge on any atom is -0.352 e. The second-order valence-electron chi connectivity index (χ2n) is 7.51. The number of sulfonamides is 1. The molecule has 5 nitrogen and oxygen atoms in total. The number of rotatable bonds is 7. The van der Waals surface area contributed by atoms with Crippen molar-refractivity contribution in [2.45, 2.75) is 25.4 Å². The van der Waals surface area contributed by atoms with E-state index in [2.05, 4.69) is 10.0 Å². The van der Waals surface area contributed by atoms with E-state index in [1.165, 1.54) is 12.1 Å². The first-order chi connectivity index (χ1) is 13.8. The Hall–Kier alpha value is -2.81. The van der Waals surface area contributed by atoms with Crippen LogP contribution < -0.4 is 10.0 Å². The summed E-state index contributed by atoms with van der Waals surface area (Å²) in [5, 5.41) is 2.69. The van der Waals surface area contributed by atoms with Gasteiger partial charge < -0.3 is 5.32 Å². The van der Waals surface area contributed by atoms with Gasteiger partial charge in [-0.2, -0.15) is 13.2 Å². The summed E-state index contributed by atoms with van der Waals surface area (Å²) in [6, 6.07) is 11.5. The summed E-state index contributed by atoms with van der Waals surface area (Å²) < 4.78 is 63.5. The van der Waals surface area contributed by atoms with Gasteiger partial charge in [0, 0.05) is 23.7 Å². The average Bonchev–Trinajstić information content (AvgIpc) is 2.64. The van der Waals surface area contributed by atoms with Crippen LogP contribution in [0, 0.1) is 0 Å². The third-order valence-electron chi connectivity index (χ3n) is 4.32. The van der Waals surface area contributed by atoms with E-state index in [0.29, 0.717) is 16.8 Å². The third kappa shape index (κ3) is 7.22. The SMILES string of the molecule is CC(C)(CNC(=O)/C=C/c1ccc(NS(C)(=O)=O)cc1)c1cccc(C(F)(F)F)c1. The van der Waals surface area contributed by atoms with E-state index in [1.54, 1.807) is 50.3 Å². The number of hydrogen-bond acceptors (Lipinski definition) is 3. The topological polar surface area (TPSA) is 75.3 Å². The van der Waals surface area contributed by atoms with Gasteiger partial charge in [-0.15, -0.1) is 0 Å². The van der Waals surface area contributed by atoms with E-state index in [0.717, 1.165) is 18.4 Å². The van der Waals surface area contributed by atoms with Gasteiger partial charge in [0.05, 0.1) is 11.8 Å². The van der Waals surface area contributed by atoms with Crippen LogP contribution in [0.15, 0.2) is 54.6 Å². The van der Waals surface area contributed by atoms with Crippen LogP contribution in [-0.4, -0.2) is 27.1 Å². The highest BCUT2D eigenvalue weighted by Gasteiger charge is 2.32. The Bertz CT molecular complexity index is 1030. The lowest BCUT2D eigenvalue weighted by molar-refractivity contribution is -0.137. The largest absolute Gasteiger partial charge is 0.416 e. The first-order valence-corrected chi connectivity index (χ1v) is 10.9. The van der Waals surface area contributed by atoms with Crippen LogP contribution in [0.2, 0.25) is 0 Å². The molecule has 0 bridgehead atoms. The van der Waals surface area contributed by atoms with Gasteiger partial charge in [-0.3, -0.25) is 9.52 Å². The number of benzene rings is 2. The molecule has 0 aliphatic heterocycles. The molecule has 0 aromatic heterocycles. The van der Waals surface area contributed by atoms with E-state index in [9.17, 15) is 26.4 Å². The van der Waals surface area contributed by atoms with E-state index < -0.39 is 33.1 Å². The molecule has 162 valence electrons. The number of hydrogen-bond donors (Lipinski definition) is 2. The van der Waals surface area contributed by atoms with Crippen LogP contribution in [-0.2, 0) is 26.4 Å². The van der Waals surface area contributed by atoms with Crippen molar-refractivity contribution in [2.24, 2.45) is 0 Å². The van der Waals surface area contributed by atoms with Crippen LogP contribution in [0.4, 0.5) is 18.9 Å². The van der Waals surface area contributed by atoms with Crippen LogP contribution in [0.1, 0.15) is 30.5 Å². The van der Waals surface area contributed by atoms with E-state index in [-0.39, 0.29) is 6.54 Å². The van der Waals surface area contributed by atoms with Crippen molar-refractivity contribution in [3.8, 4) is 0 Å². The molecule has 0 radical (unpaired) electrons. The minimum absolute atomic E-state index is 0.148. The molecule has 0 unspecified atom stereocenters. The quantitative estimate of drug-likeness (QED) is 0.634. The second-order valence-corrected chi connectivity index (χ2v) is 9.26. The fraction of sp³-hybridized carbons (Fsp3) is 0.286. The van der Waals surface area contributed by atoms with Gasteiger partial charge in [-0.25, -0.2) is 8.42 Å². The maximum absolute atomic E-state index is 12.9. The summed E-state index contributed by atoms with van der Waals surface area (Å²) in [5.41, 5.74) is 0.121. The zero-order valence-corrected chi connectivity index (χ0v) is 17.6. The fourth-order valence-electron chi connectivity index (χ4n) is 2.63. The van der Waals surface area contributed by atoms with Gasteiger partial charge >= 0.3 is 6.18 Å². The van der Waals surface area contributed by atoms with Gasteiger partial charge in [0.15, 0.2) is 0 Å². The Balaban J connectivity index is 1.98. The van der Waals surface area contributed by atoms with Crippen LogP contribution in [0.5, 0.6) is 0 Å². The predicted octanol–water partition coefficient (Wildman–Crippen LogP) is 4.18. The van der Waals surface area contributed by atoms with Crippen LogP contribution >= 0.6 is 0 Å². The predicted molar refractivity (Wildman–Crippen MR) is 111 cm³/mol. The number of alkyl halides is 3. The molecule has 0 fully saturated rings. The molecule has 0 aliphatic rings. The first-order valence-electron chi connectivity index (χ1n) is 8.98. The zero-order chi connectivity index (χ0) is 22.6. The molecular weight excluding hydrogens is 417 g/mol. The van der Waals surface area contributed by atoms with Crippen molar-refractivity contribution in [3.63, 3.8) is 0 Å². The number of nitrogens with one attached hydrogen (secondary N) is 2. The molecule has 0 atom stereocenters. The van der Waals surface area contributed by atoms with Gasteiger partial charge in [0.25, 0.3) is 0 Å². The standard InChI is InChI=1S/C21H23F3N2O3S/c1-20(2,16-5-4-6-17(13-16)21(22,23)24)14-25-19(27)12-9-15-7-10-18(11-8-15)26-30(3,28)29/h4-13,26H,14H2,1-3H3,(H,25,27)/b12-9+. The van der Waals surface area contributed by atoms with Crippen molar-refractivity contribution in [3.05, 3.63) is 71.3 Å². The number of halogens is 3. The highest BCUT2D eigenvalue weighted by atomic mass is 32.2. The Labute approximate surface area is 174 Å². The lowest BCUT2D eigenvalue weighted by Crippen LogP contribution is -2.36. The summed E-state index contributed by atoms with van der Waals surface area (Å²) in [7, 11) is -3.37. The number of carbonyl (C=O) groups excluding carboxylic acids is 1. The summed E-state index contributed by atoms with van der Waals surface area (Å²) in [6.45, 7) is 3.65. The Morgan fingerprint density at radius 3 is 2.20 bits per heavy atom. The number of carbonyl (C=O) groups is 1. The van der Waals surface area contributed by atoms with Crippen LogP contribution in [0.25, 0.3) is 6.08 Å². The summed E-state index contributed by atoms with van der Waals surface area (Å²) in [6.07, 6.45) is -0.519. The molecule has 2 rings (SSSR count). The number of amides is 1. The van der Waals surface area contributed by atoms with Gasteiger partial charge in [0.2, 0.25) is 15.9 Å². The summed E-state index contributed by atoms with van der Waals surface area (Å²) >= 11 is 0. The lowest BCUT2D eigenvalue weighted by Gasteiger charge is -2.26. The van der Waals surface area contributed by atoms with E-state index in [1.807, 2.05) is 0 Å². The minimum atomic E-state index is -4.43. The smallest absolute Gasteiger partial charge is 0.352 e. The first kappa shape index (κ1) is 23.5. The van der Waals surface area contributed by atoms with Crippen molar-refractivity contribution < 1.29 is 26.4 Å². The Kier molecular flexibility index (Phi) is 6.97. The maximum atomic E-state index is 12.9. The molecule has 2 N–H and O–H groups in total. The molecule has 0 heterocycles. The molecule has 2 aromatic rings. The molecule has 0 spiro atoms. The maximum Gasteiger partial charge on any atom is 0.416 e. The Morgan fingerprint density at radius 1 is 1.03 bits per heavy atom. The van der Waals surface area contributed by atoms with Crippen molar-refractivity contribution in [1.29, 1.82) is 0 Å². The molecule has 2 aromatic carbocycles. The van der Waals surface area contributed by atoms with E-state index >= 15 is 0 Å². The Morgan fingerprint density at radius 2 is 1.63 bits per heavy atom.